The molecule has 0 aliphatic heterocycles. The molecule has 1 N–H and O–H groups in total. The number of benzene rings is 1. The minimum Gasteiger partial charge on any atom is -0.496 e. The van der Waals surface area contributed by atoms with E-state index in [-0.39, 0.29) is 5.56 Å². The van der Waals surface area contributed by atoms with Crippen molar-refractivity contribution in [3.05, 3.63) is 45.1 Å². The lowest BCUT2D eigenvalue weighted by molar-refractivity contribution is 0.416. The van der Waals surface area contributed by atoms with E-state index in [2.05, 4.69) is 4.98 Å². The molecule has 0 radical (unpaired) electrons. The normalized spacial score (nSPS) is 14.9. The summed E-state index contributed by atoms with van der Waals surface area (Å²) in [6, 6.07) is 7.64. The van der Waals surface area contributed by atoms with Gasteiger partial charge in [0, 0.05) is 4.88 Å². The molecule has 1 aliphatic rings. The molecule has 0 atom stereocenters. The zero-order chi connectivity index (χ0) is 16.5. The fourth-order valence-electron chi connectivity index (χ4n) is 3.49. The number of para-hydroxylation sites is 1. The van der Waals surface area contributed by atoms with Crippen LogP contribution in [0.2, 0.25) is 0 Å². The molecule has 2 aromatic heterocycles. The average Bonchev–Trinajstić information content (AvgIpc) is 2.92. The van der Waals surface area contributed by atoms with Gasteiger partial charge in [-0.05, 0) is 43.4 Å². The summed E-state index contributed by atoms with van der Waals surface area (Å²) in [5.41, 5.74) is 2.02. The van der Waals surface area contributed by atoms with Gasteiger partial charge in [0.1, 0.15) is 16.4 Å². The van der Waals surface area contributed by atoms with E-state index in [1.807, 2.05) is 24.3 Å². The summed E-state index contributed by atoms with van der Waals surface area (Å²) in [6.07, 6.45) is 6.96. The quantitative estimate of drug-likeness (QED) is 0.756. The molecule has 0 bridgehead atoms. The number of aromatic nitrogens is 2. The lowest BCUT2D eigenvalue weighted by Gasteiger charge is -2.09. The van der Waals surface area contributed by atoms with Crippen LogP contribution < -0.4 is 10.3 Å². The molecule has 0 spiro atoms. The van der Waals surface area contributed by atoms with Crippen molar-refractivity contribution in [3.8, 4) is 17.1 Å². The summed E-state index contributed by atoms with van der Waals surface area (Å²) in [5, 5.41) is 0.801. The van der Waals surface area contributed by atoms with Crippen molar-refractivity contribution >= 4 is 21.6 Å². The van der Waals surface area contributed by atoms with Crippen LogP contribution in [0.1, 0.15) is 36.1 Å². The molecular formula is C19H20N2O2S. The molecule has 24 heavy (non-hydrogen) atoms. The number of thiophene rings is 1. The molecule has 0 saturated heterocycles. The summed E-state index contributed by atoms with van der Waals surface area (Å²) < 4.78 is 5.41. The second-order valence-electron chi connectivity index (χ2n) is 6.21. The predicted octanol–water partition coefficient (Wildman–Crippen LogP) is 4.32. The third kappa shape index (κ3) is 2.63. The summed E-state index contributed by atoms with van der Waals surface area (Å²) >= 11 is 1.69. The van der Waals surface area contributed by atoms with Gasteiger partial charge in [-0.3, -0.25) is 4.79 Å². The van der Waals surface area contributed by atoms with Crippen LogP contribution >= 0.6 is 11.3 Å². The highest BCUT2D eigenvalue weighted by atomic mass is 32.1. The van der Waals surface area contributed by atoms with E-state index in [0.717, 1.165) is 40.8 Å². The molecule has 1 aromatic carbocycles. The second-order valence-corrected chi connectivity index (χ2v) is 7.30. The zero-order valence-corrected chi connectivity index (χ0v) is 14.5. The Balaban J connectivity index is 1.90. The molecule has 1 aliphatic carbocycles. The Bertz CT molecular complexity index is 942. The second kappa shape index (κ2) is 6.40. The van der Waals surface area contributed by atoms with Gasteiger partial charge < -0.3 is 9.72 Å². The number of nitrogens with zero attached hydrogens (tertiary/aromatic N) is 1. The Kier molecular flexibility index (Phi) is 4.10. The molecule has 3 aromatic rings. The van der Waals surface area contributed by atoms with Crippen LogP contribution in [0, 0.1) is 0 Å². The molecule has 0 fully saturated rings. The van der Waals surface area contributed by atoms with Crippen LogP contribution in [-0.4, -0.2) is 17.1 Å². The van der Waals surface area contributed by atoms with Gasteiger partial charge in [0.05, 0.1) is 18.1 Å². The predicted molar refractivity (Wildman–Crippen MR) is 98.1 cm³/mol. The van der Waals surface area contributed by atoms with Crippen LogP contribution in [0.3, 0.4) is 0 Å². The van der Waals surface area contributed by atoms with E-state index in [9.17, 15) is 4.79 Å². The van der Waals surface area contributed by atoms with Gasteiger partial charge >= 0.3 is 0 Å². The Labute approximate surface area is 144 Å². The minimum atomic E-state index is -0.0287. The first-order chi connectivity index (χ1) is 11.8. The Hall–Kier alpha value is -2.14. The van der Waals surface area contributed by atoms with Crippen molar-refractivity contribution in [1.29, 1.82) is 0 Å². The highest BCUT2D eigenvalue weighted by Gasteiger charge is 2.19. The van der Waals surface area contributed by atoms with E-state index >= 15 is 0 Å². The summed E-state index contributed by atoms with van der Waals surface area (Å²) in [7, 11) is 1.63. The number of fused-ring (bicyclic) bond motifs is 3. The topological polar surface area (TPSA) is 55.0 Å². The summed E-state index contributed by atoms with van der Waals surface area (Å²) in [6.45, 7) is 0. The highest BCUT2D eigenvalue weighted by Crippen LogP contribution is 2.34. The molecule has 4 nitrogen and oxygen atoms in total. The molecule has 0 amide bonds. The van der Waals surface area contributed by atoms with Crippen molar-refractivity contribution in [3.63, 3.8) is 0 Å². The van der Waals surface area contributed by atoms with Gasteiger partial charge in [-0.2, -0.15) is 0 Å². The maximum atomic E-state index is 12.8. The molecule has 0 saturated carbocycles. The van der Waals surface area contributed by atoms with Crippen LogP contribution in [0.25, 0.3) is 21.6 Å². The Morgan fingerprint density at radius 1 is 1.12 bits per heavy atom. The van der Waals surface area contributed by atoms with Crippen molar-refractivity contribution < 1.29 is 4.74 Å². The van der Waals surface area contributed by atoms with Gasteiger partial charge in [-0.1, -0.05) is 25.0 Å². The number of nitrogens with one attached hydrogen (secondary N) is 1. The smallest absolute Gasteiger partial charge is 0.260 e. The summed E-state index contributed by atoms with van der Waals surface area (Å²) in [4.78, 5) is 22.7. The molecule has 0 unspecified atom stereocenters. The van der Waals surface area contributed by atoms with Crippen LogP contribution in [0.5, 0.6) is 5.75 Å². The first kappa shape index (κ1) is 15.4. The van der Waals surface area contributed by atoms with Crippen molar-refractivity contribution in [2.24, 2.45) is 0 Å². The molecule has 2 heterocycles. The molecular weight excluding hydrogens is 320 g/mol. The maximum Gasteiger partial charge on any atom is 0.260 e. The Morgan fingerprint density at radius 2 is 1.92 bits per heavy atom. The number of aryl methyl sites for hydroxylation is 2. The lowest BCUT2D eigenvalue weighted by Crippen LogP contribution is -2.11. The van der Waals surface area contributed by atoms with Crippen molar-refractivity contribution in [2.45, 2.75) is 38.5 Å². The van der Waals surface area contributed by atoms with Gasteiger partial charge in [0.15, 0.2) is 0 Å². The third-order valence-electron chi connectivity index (χ3n) is 4.69. The lowest BCUT2D eigenvalue weighted by atomic mass is 9.98. The largest absolute Gasteiger partial charge is 0.496 e. The van der Waals surface area contributed by atoms with E-state index in [0.29, 0.717) is 5.82 Å². The SMILES string of the molecule is COc1ccccc1-c1nc2sc3c(c2c(=O)[nH]1)CCCCCC3. The van der Waals surface area contributed by atoms with E-state index < -0.39 is 0 Å². The van der Waals surface area contributed by atoms with Crippen molar-refractivity contribution in [2.75, 3.05) is 7.11 Å². The monoisotopic (exact) mass is 340 g/mol. The standard InChI is InChI=1S/C19H20N2O2S/c1-23-14-10-7-6-8-12(14)17-20-18(22)16-13-9-4-2-3-5-11-15(13)24-19(16)21-17/h6-8,10H,2-5,9,11H2,1H3,(H,20,21,22). The van der Waals surface area contributed by atoms with Gasteiger partial charge in [0.25, 0.3) is 5.56 Å². The van der Waals surface area contributed by atoms with Gasteiger partial charge in [-0.25, -0.2) is 4.98 Å². The highest BCUT2D eigenvalue weighted by molar-refractivity contribution is 7.18. The minimum absolute atomic E-state index is 0.0287. The number of hydrogen-bond donors (Lipinski definition) is 1. The van der Waals surface area contributed by atoms with E-state index in [1.165, 1.54) is 29.7 Å². The van der Waals surface area contributed by atoms with Gasteiger partial charge in [0.2, 0.25) is 0 Å². The van der Waals surface area contributed by atoms with Crippen LogP contribution in [-0.2, 0) is 12.8 Å². The fraction of sp³-hybridized carbons (Fsp3) is 0.368. The number of aromatic amines is 1. The number of methoxy groups -OCH3 is 1. The fourth-order valence-corrected chi connectivity index (χ4v) is 4.75. The summed E-state index contributed by atoms with van der Waals surface area (Å²) in [5.74, 6) is 1.30. The number of hydrogen-bond acceptors (Lipinski definition) is 4. The van der Waals surface area contributed by atoms with Crippen molar-refractivity contribution in [1.82, 2.24) is 9.97 Å². The number of rotatable bonds is 2. The van der Waals surface area contributed by atoms with Crippen LogP contribution in [0.15, 0.2) is 29.1 Å². The van der Waals surface area contributed by atoms with E-state index in [1.54, 1.807) is 18.4 Å². The first-order valence-electron chi connectivity index (χ1n) is 8.46. The third-order valence-corrected chi connectivity index (χ3v) is 5.87. The molecule has 4 rings (SSSR count). The zero-order valence-electron chi connectivity index (χ0n) is 13.7. The average molecular weight is 340 g/mol. The molecule has 124 valence electrons. The van der Waals surface area contributed by atoms with Gasteiger partial charge in [-0.15, -0.1) is 11.3 Å². The van der Waals surface area contributed by atoms with Crippen LogP contribution in [0.4, 0.5) is 0 Å². The maximum absolute atomic E-state index is 12.8. The number of ether oxygens (including phenoxy) is 1. The molecule has 5 heteroatoms. The van der Waals surface area contributed by atoms with E-state index in [4.69, 9.17) is 9.72 Å². The first-order valence-corrected chi connectivity index (χ1v) is 9.27. The Morgan fingerprint density at radius 3 is 2.75 bits per heavy atom. The number of H-pyrrole nitrogens is 1.